The second-order valence-electron chi connectivity index (χ2n) is 3.41. The van der Waals surface area contributed by atoms with Gasteiger partial charge in [0.1, 0.15) is 5.01 Å². The van der Waals surface area contributed by atoms with Crippen molar-refractivity contribution in [3.63, 3.8) is 0 Å². The van der Waals surface area contributed by atoms with Gasteiger partial charge in [-0.15, -0.1) is 10.2 Å². The molecule has 0 bridgehead atoms. The highest BCUT2D eigenvalue weighted by Gasteiger charge is 2.10. The van der Waals surface area contributed by atoms with E-state index in [0.717, 1.165) is 22.2 Å². The van der Waals surface area contributed by atoms with Crippen LogP contribution in [0.1, 0.15) is 30.6 Å². The average Bonchev–Trinajstić information content (AvgIpc) is 2.76. The van der Waals surface area contributed by atoms with Crippen molar-refractivity contribution in [2.45, 2.75) is 32.6 Å². The minimum atomic E-state index is -0.766. The highest BCUT2D eigenvalue weighted by Crippen LogP contribution is 2.16. The van der Waals surface area contributed by atoms with Gasteiger partial charge >= 0.3 is 5.97 Å². The van der Waals surface area contributed by atoms with Crippen molar-refractivity contribution >= 4 is 22.3 Å². The van der Waals surface area contributed by atoms with Crippen molar-refractivity contribution in [1.82, 2.24) is 19.8 Å². The van der Waals surface area contributed by atoms with Crippen LogP contribution in [-0.4, -0.2) is 30.9 Å². The third-order valence-electron chi connectivity index (χ3n) is 2.19. The highest BCUT2D eigenvalue weighted by molar-refractivity contribution is 7.16. The second kappa shape index (κ2) is 4.56. The number of nitrogens with zero attached hydrogens (tertiary/aromatic N) is 4. The van der Waals surface area contributed by atoms with Crippen LogP contribution in [0.3, 0.4) is 0 Å². The number of carboxylic acids is 1. The molecule has 2 heterocycles. The fourth-order valence-electron chi connectivity index (χ4n) is 1.41. The van der Waals surface area contributed by atoms with Gasteiger partial charge in [0.15, 0.2) is 5.82 Å². The molecule has 16 heavy (non-hydrogen) atoms. The van der Waals surface area contributed by atoms with Gasteiger partial charge in [-0.3, -0.25) is 4.79 Å². The van der Waals surface area contributed by atoms with E-state index >= 15 is 0 Å². The van der Waals surface area contributed by atoms with Crippen LogP contribution in [0, 0.1) is 0 Å². The number of aliphatic carboxylic acids is 1. The Kier molecular flexibility index (Phi) is 3.14. The maximum atomic E-state index is 10.4. The molecule has 6 nitrogen and oxygen atoms in total. The summed E-state index contributed by atoms with van der Waals surface area (Å²) in [6.07, 6.45) is 2.27. The van der Waals surface area contributed by atoms with Crippen LogP contribution in [-0.2, 0) is 17.6 Å². The lowest BCUT2D eigenvalue weighted by molar-refractivity contribution is -0.137. The first-order valence-corrected chi connectivity index (χ1v) is 5.94. The first-order chi connectivity index (χ1) is 7.70. The van der Waals surface area contributed by atoms with Gasteiger partial charge in [-0.1, -0.05) is 18.3 Å². The summed E-state index contributed by atoms with van der Waals surface area (Å²) in [4.78, 5) is 11.1. The van der Waals surface area contributed by atoms with Crippen molar-refractivity contribution in [2.75, 3.05) is 0 Å². The predicted octanol–water partition coefficient (Wildman–Crippen LogP) is 1.16. The molecule has 0 unspecified atom stereocenters. The molecule has 86 valence electrons. The fraction of sp³-hybridized carbons (Fsp3) is 0.556. The summed E-state index contributed by atoms with van der Waals surface area (Å²) < 4.78 is 1.74. The molecular formula is C9H12N4O2S. The zero-order valence-corrected chi connectivity index (χ0v) is 9.70. The first-order valence-electron chi connectivity index (χ1n) is 5.12. The van der Waals surface area contributed by atoms with Crippen molar-refractivity contribution in [1.29, 1.82) is 0 Å². The maximum absolute atomic E-state index is 10.4. The Morgan fingerprint density at radius 1 is 1.50 bits per heavy atom. The number of carbonyl (C=O) groups is 1. The highest BCUT2D eigenvalue weighted by atomic mass is 32.1. The Morgan fingerprint density at radius 3 is 3.00 bits per heavy atom. The Morgan fingerprint density at radius 2 is 2.31 bits per heavy atom. The minimum absolute atomic E-state index is 0.181. The van der Waals surface area contributed by atoms with E-state index in [1.807, 2.05) is 6.92 Å². The lowest BCUT2D eigenvalue weighted by atomic mass is 10.2. The van der Waals surface area contributed by atoms with Crippen LogP contribution < -0.4 is 0 Å². The van der Waals surface area contributed by atoms with Crippen LogP contribution in [0.15, 0.2) is 0 Å². The third kappa shape index (κ3) is 2.19. The van der Waals surface area contributed by atoms with Crippen molar-refractivity contribution in [2.24, 2.45) is 0 Å². The van der Waals surface area contributed by atoms with Crippen LogP contribution in [0.2, 0.25) is 0 Å². The zero-order chi connectivity index (χ0) is 11.5. The van der Waals surface area contributed by atoms with E-state index in [2.05, 4.69) is 15.3 Å². The molecule has 2 aromatic rings. The molecule has 0 atom stereocenters. The molecule has 0 aliphatic heterocycles. The Hall–Kier alpha value is -1.50. The quantitative estimate of drug-likeness (QED) is 0.848. The maximum Gasteiger partial charge on any atom is 0.303 e. The topological polar surface area (TPSA) is 80.4 Å². The normalized spacial score (nSPS) is 11.1. The van der Waals surface area contributed by atoms with E-state index < -0.39 is 5.97 Å². The van der Waals surface area contributed by atoms with E-state index in [-0.39, 0.29) is 6.42 Å². The van der Waals surface area contributed by atoms with Gasteiger partial charge in [-0.2, -0.15) is 9.61 Å². The summed E-state index contributed by atoms with van der Waals surface area (Å²) in [6, 6.07) is 0. The molecule has 0 amide bonds. The van der Waals surface area contributed by atoms with E-state index in [1.165, 1.54) is 11.3 Å². The van der Waals surface area contributed by atoms with E-state index in [4.69, 9.17) is 5.11 Å². The standard InChI is InChI=1S/C9H12N4O2S/c1-2-6-10-11-9-13(6)12-7(16-9)4-3-5-8(14)15/h2-5H2,1H3,(H,14,15). The Balaban J connectivity index is 2.08. The Bertz CT molecular complexity index is 505. The fourth-order valence-corrected chi connectivity index (χ4v) is 2.30. The lowest BCUT2D eigenvalue weighted by Crippen LogP contribution is -1.97. The Labute approximate surface area is 95.9 Å². The van der Waals surface area contributed by atoms with Gasteiger partial charge in [-0.05, 0) is 6.42 Å². The van der Waals surface area contributed by atoms with E-state index in [9.17, 15) is 4.79 Å². The molecule has 0 saturated carbocycles. The van der Waals surface area contributed by atoms with Gasteiger partial charge in [-0.25, -0.2) is 0 Å². The predicted molar refractivity (Wildman–Crippen MR) is 58.6 cm³/mol. The monoisotopic (exact) mass is 240 g/mol. The summed E-state index contributed by atoms with van der Waals surface area (Å²) in [5.41, 5.74) is 0. The summed E-state index contributed by atoms with van der Waals surface area (Å²) in [6.45, 7) is 2.00. The number of carboxylic acid groups (broad SMARTS) is 1. The first kappa shape index (κ1) is 11.0. The summed E-state index contributed by atoms with van der Waals surface area (Å²) >= 11 is 1.47. The zero-order valence-electron chi connectivity index (χ0n) is 8.88. The molecular weight excluding hydrogens is 228 g/mol. The summed E-state index contributed by atoms with van der Waals surface area (Å²) in [5, 5.41) is 21.8. The van der Waals surface area contributed by atoms with Gasteiger partial charge in [0.2, 0.25) is 4.96 Å². The molecule has 2 rings (SSSR count). The average molecular weight is 240 g/mol. The number of hydrogen-bond acceptors (Lipinski definition) is 5. The van der Waals surface area contributed by atoms with Gasteiger partial charge < -0.3 is 5.11 Å². The molecule has 0 aromatic carbocycles. The van der Waals surface area contributed by atoms with Crippen molar-refractivity contribution in [3.8, 4) is 0 Å². The number of aryl methyl sites for hydroxylation is 2. The van der Waals surface area contributed by atoms with Crippen molar-refractivity contribution in [3.05, 3.63) is 10.8 Å². The molecule has 7 heteroatoms. The molecule has 0 radical (unpaired) electrons. The minimum Gasteiger partial charge on any atom is -0.481 e. The van der Waals surface area contributed by atoms with Gasteiger partial charge in [0, 0.05) is 19.3 Å². The SMILES string of the molecule is CCc1nnc2sc(CCCC(=O)O)nn12. The number of rotatable bonds is 5. The second-order valence-corrected chi connectivity index (χ2v) is 4.45. The van der Waals surface area contributed by atoms with Gasteiger partial charge in [0.05, 0.1) is 0 Å². The van der Waals surface area contributed by atoms with E-state index in [0.29, 0.717) is 12.8 Å². The molecule has 0 spiro atoms. The molecule has 1 N–H and O–H groups in total. The molecule has 0 fully saturated rings. The molecule has 0 aliphatic rings. The third-order valence-corrected chi connectivity index (χ3v) is 3.15. The van der Waals surface area contributed by atoms with Crippen LogP contribution in [0.25, 0.3) is 4.96 Å². The smallest absolute Gasteiger partial charge is 0.303 e. The van der Waals surface area contributed by atoms with Crippen LogP contribution >= 0.6 is 11.3 Å². The van der Waals surface area contributed by atoms with E-state index in [1.54, 1.807) is 4.52 Å². The number of hydrogen-bond donors (Lipinski definition) is 1. The molecule has 2 aromatic heterocycles. The lowest BCUT2D eigenvalue weighted by Gasteiger charge is -1.92. The number of fused-ring (bicyclic) bond motifs is 1. The number of aromatic nitrogens is 4. The van der Waals surface area contributed by atoms with Crippen molar-refractivity contribution < 1.29 is 9.90 Å². The van der Waals surface area contributed by atoms with Crippen LogP contribution in [0.4, 0.5) is 0 Å². The molecule has 0 aliphatic carbocycles. The summed E-state index contributed by atoms with van der Waals surface area (Å²) in [5.74, 6) is 0.0768. The molecule has 0 saturated heterocycles. The van der Waals surface area contributed by atoms with Gasteiger partial charge in [0.25, 0.3) is 0 Å². The van der Waals surface area contributed by atoms with Crippen LogP contribution in [0.5, 0.6) is 0 Å². The summed E-state index contributed by atoms with van der Waals surface area (Å²) in [7, 11) is 0. The largest absolute Gasteiger partial charge is 0.481 e.